The highest BCUT2D eigenvalue weighted by Crippen LogP contribution is 2.27. The first-order valence-corrected chi connectivity index (χ1v) is 11.6. The summed E-state index contributed by atoms with van der Waals surface area (Å²) in [5.74, 6) is 0. The van der Waals surface area contributed by atoms with Gasteiger partial charge in [-0.05, 0) is 73.1 Å². The van der Waals surface area contributed by atoms with E-state index in [4.69, 9.17) is 17.3 Å². The Morgan fingerprint density at radius 3 is 2.69 bits per heavy atom. The van der Waals surface area contributed by atoms with Gasteiger partial charge in [-0.3, -0.25) is 0 Å². The summed E-state index contributed by atoms with van der Waals surface area (Å²) in [7, 11) is 0. The third-order valence-electron chi connectivity index (χ3n) is 5.89. The summed E-state index contributed by atoms with van der Waals surface area (Å²) in [5.41, 5.74) is 13.5. The molecule has 1 aliphatic heterocycles. The van der Waals surface area contributed by atoms with Crippen molar-refractivity contribution >= 4 is 29.4 Å². The molecule has 1 heterocycles. The Morgan fingerprint density at radius 2 is 1.84 bits per heavy atom. The number of hydrogen-bond acceptors (Lipinski definition) is 2. The van der Waals surface area contributed by atoms with Crippen LogP contribution in [0.4, 0.5) is 5.69 Å². The second-order valence-corrected chi connectivity index (χ2v) is 9.53. The number of anilines is 1. The van der Waals surface area contributed by atoms with E-state index in [2.05, 4.69) is 92.0 Å². The number of nitrogens with two attached hydrogens (primary N) is 1. The maximum atomic E-state index is 6.36. The third kappa shape index (κ3) is 5.70. The molecule has 3 N–H and O–H groups in total. The fourth-order valence-electron chi connectivity index (χ4n) is 4.26. The zero-order chi connectivity index (χ0) is 22.6. The lowest BCUT2D eigenvalue weighted by Gasteiger charge is -2.23. The summed E-state index contributed by atoms with van der Waals surface area (Å²) in [4.78, 5) is 0. The van der Waals surface area contributed by atoms with Crippen LogP contribution < -0.4 is 11.1 Å². The molecule has 0 aromatic heterocycles. The van der Waals surface area contributed by atoms with E-state index in [-0.39, 0.29) is 11.6 Å². The smallest absolute Gasteiger partial charge is 0.0635 e. The van der Waals surface area contributed by atoms with Crippen molar-refractivity contribution in [2.24, 2.45) is 5.73 Å². The summed E-state index contributed by atoms with van der Waals surface area (Å²) in [6, 6.07) is 23.4. The van der Waals surface area contributed by atoms with Gasteiger partial charge in [-0.2, -0.15) is 0 Å². The molecule has 0 bridgehead atoms. The van der Waals surface area contributed by atoms with Crippen LogP contribution in [0, 0.1) is 0 Å². The van der Waals surface area contributed by atoms with Crippen LogP contribution in [-0.4, -0.2) is 6.04 Å². The number of nitrogens with one attached hydrogen (secondary N) is 1. The van der Waals surface area contributed by atoms with Gasteiger partial charge >= 0.3 is 0 Å². The molecular formula is C29H31ClN2. The predicted molar refractivity (Wildman–Crippen MR) is 139 cm³/mol. The van der Waals surface area contributed by atoms with E-state index in [1.807, 2.05) is 18.2 Å². The van der Waals surface area contributed by atoms with Crippen molar-refractivity contribution in [3.8, 4) is 0 Å². The lowest BCUT2D eigenvalue weighted by molar-refractivity contribution is 0.546. The van der Waals surface area contributed by atoms with Gasteiger partial charge in [0, 0.05) is 16.2 Å². The quantitative estimate of drug-likeness (QED) is 0.405. The van der Waals surface area contributed by atoms with Crippen LogP contribution in [0.5, 0.6) is 0 Å². The Bertz CT molecular complexity index is 1140. The third-order valence-corrected chi connectivity index (χ3v) is 6.13. The normalized spacial score (nSPS) is 15.6. The molecule has 1 atom stereocenters. The van der Waals surface area contributed by atoms with Crippen LogP contribution in [-0.2, 0) is 18.4 Å². The average Bonchev–Trinajstić information content (AvgIpc) is 2.77. The summed E-state index contributed by atoms with van der Waals surface area (Å²) in [6.45, 7) is 4.15. The van der Waals surface area contributed by atoms with Gasteiger partial charge in [0.05, 0.1) is 6.04 Å². The molecule has 0 spiro atoms. The van der Waals surface area contributed by atoms with Crippen LogP contribution in [0.15, 0.2) is 78.9 Å². The van der Waals surface area contributed by atoms with E-state index in [1.165, 1.54) is 27.8 Å². The molecule has 3 aromatic rings. The highest BCUT2D eigenvalue weighted by Gasteiger charge is 2.17. The second-order valence-electron chi connectivity index (χ2n) is 9.10. The van der Waals surface area contributed by atoms with Crippen LogP contribution >= 0.6 is 11.6 Å². The first-order valence-electron chi connectivity index (χ1n) is 11.3. The van der Waals surface area contributed by atoms with Gasteiger partial charge in [0.2, 0.25) is 0 Å². The van der Waals surface area contributed by atoms with Crippen molar-refractivity contribution in [1.82, 2.24) is 0 Å². The minimum Gasteiger partial charge on any atom is -0.375 e. The fraction of sp³-hybridized carbons (Fsp3) is 0.241. The van der Waals surface area contributed by atoms with Gasteiger partial charge in [-0.1, -0.05) is 90.5 Å². The predicted octanol–water partition coefficient (Wildman–Crippen LogP) is 7.23. The number of rotatable bonds is 7. The summed E-state index contributed by atoms with van der Waals surface area (Å²) in [6.07, 6.45) is 11.9. The van der Waals surface area contributed by atoms with Crippen molar-refractivity contribution in [1.29, 1.82) is 0 Å². The Morgan fingerprint density at radius 1 is 1.00 bits per heavy atom. The maximum absolute atomic E-state index is 6.36. The number of aryl methyl sites for hydroxylation is 2. The summed E-state index contributed by atoms with van der Waals surface area (Å²) in [5, 5.41) is 4.27. The molecule has 0 saturated heterocycles. The van der Waals surface area contributed by atoms with Crippen LogP contribution in [0.1, 0.15) is 48.1 Å². The largest absolute Gasteiger partial charge is 0.375 e. The molecule has 0 radical (unpaired) electrons. The Labute approximate surface area is 196 Å². The molecule has 1 aliphatic rings. The van der Waals surface area contributed by atoms with E-state index in [0.717, 1.165) is 30.0 Å². The SMILES string of the molecule is CC(C)(N)c1ccccc1CCCc1cccc(/C=C/C2C=Cc3ccc(Cl)cc3N2)c1. The molecule has 1 unspecified atom stereocenters. The minimum atomic E-state index is -0.311. The topological polar surface area (TPSA) is 38.0 Å². The maximum Gasteiger partial charge on any atom is 0.0635 e. The monoisotopic (exact) mass is 442 g/mol. The van der Waals surface area contributed by atoms with E-state index >= 15 is 0 Å². The molecule has 0 aliphatic carbocycles. The first kappa shape index (κ1) is 22.4. The Hall–Kier alpha value is -2.81. The molecule has 0 fully saturated rings. The van der Waals surface area contributed by atoms with E-state index in [1.54, 1.807) is 0 Å². The van der Waals surface area contributed by atoms with Crippen LogP contribution in [0.2, 0.25) is 5.02 Å². The Kier molecular flexibility index (Phi) is 6.83. The van der Waals surface area contributed by atoms with E-state index < -0.39 is 0 Å². The Balaban J connectivity index is 1.37. The zero-order valence-corrected chi connectivity index (χ0v) is 19.6. The summed E-state index contributed by atoms with van der Waals surface area (Å²) < 4.78 is 0. The van der Waals surface area contributed by atoms with Crippen molar-refractivity contribution in [2.45, 2.75) is 44.7 Å². The van der Waals surface area contributed by atoms with Crippen LogP contribution in [0.3, 0.4) is 0 Å². The average molecular weight is 443 g/mol. The second kappa shape index (κ2) is 9.77. The van der Waals surface area contributed by atoms with Gasteiger partial charge < -0.3 is 11.1 Å². The molecule has 32 heavy (non-hydrogen) atoms. The molecule has 0 amide bonds. The van der Waals surface area contributed by atoms with E-state index in [9.17, 15) is 0 Å². The highest BCUT2D eigenvalue weighted by molar-refractivity contribution is 6.31. The van der Waals surface area contributed by atoms with Gasteiger partial charge in [-0.15, -0.1) is 0 Å². The lowest BCUT2D eigenvalue weighted by Crippen LogP contribution is -2.30. The van der Waals surface area contributed by atoms with Crippen LogP contribution in [0.25, 0.3) is 12.2 Å². The van der Waals surface area contributed by atoms with Crippen molar-refractivity contribution in [3.63, 3.8) is 0 Å². The zero-order valence-electron chi connectivity index (χ0n) is 18.8. The minimum absolute atomic E-state index is 0.153. The number of fused-ring (bicyclic) bond motifs is 1. The molecule has 4 rings (SSSR count). The molecule has 2 nitrogen and oxygen atoms in total. The molecular weight excluding hydrogens is 412 g/mol. The van der Waals surface area contributed by atoms with Crippen molar-refractivity contribution in [3.05, 3.63) is 112 Å². The lowest BCUT2D eigenvalue weighted by atomic mass is 9.88. The van der Waals surface area contributed by atoms with E-state index in [0.29, 0.717) is 0 Å². The van der Waals surface area contributed by atoms with Crippen molar-refractivity contribution < 1.29 is 0 Å². The molecule has 0 saturated carbocycles. The number of hydrogen-bond donors (Lipinski definition) is 2. The van der Waals surface area contributed by atoms with Gasteiger partial charge in [0.1, 0.15) is 0 Å². The van der Waals surface area contributed by atoms with Gasteiger partial charge in [0.15, 0.2) is 0 Å². The number of benzene rings is 3. The van der Waals surface area contributed by atoms with Gasteiger partial charge in [0.25, 0.3) is 0 Å². The number of halogens is 1. The molecule has 164 valence electrons. The summed E-state index contributed by atoms with van der Waals surface area (Å²) >= 11 is 6.14. The standard InChI is InChI=1S/C29H31ClN2/c1-29(2,31)27-12-4-3-10-23(27)11-6-9-21-7-5-8-22(19-21)13-17-26-18-15-24-14-16-25(30)20-28(24)32-26/h3-5,7-8,10,12-20,26,32H,6,9,11,31H2,1-2H3/b17-13+. The van der Waals surface area contributed by atoms with Crippen molar-refractivity contribution in [2.75, 3.05) is 5.32 Å². The molecule has 3 aromatic carbocycles. The highest BCUT2D eigenvalue weighted by atomic mass is 35.5. The first-order chi connectivity index (χ1) is 15.4. The molecule has 3 heteroatoms. The fourth-order valence-corrected chi connectivity index (χ4v) is 4.44. The van der Waals surface area contributed by atoms with Gasteiger partial charge in [-0.25, -0.2) is 0 Å².